The van der Waals surface area contributed by atoms with Crippen LogP contribution in [-0.2, 0) is 0 Å². The zero-order valence-corrected chi connectivity index (χ0v) is 11.2. The van der Waals surface area contributed by atoms with Crippen molar-refractivity contribution < 1.29 is 4.79 Å². The summed E-state index contributed by atoms with van der Waals surface area (Å²) in [5.74, 6) is 0. The first-order chi connectivity index (χ1) is 9.18. The summed E-state index contributed by atoms with van der Waals surface area (Å²) >= 11 is 5.17. The highest BCUT2D eigenvalue weighted by atomic mass is 32.1. The molecule has 2 amide bonds. The van der Waals surface area contributed by atoms with E-state index in [0.29, 0.717) is 10.6 Å². The van der Waals surface area contributed by atoms with Crippen molar-refractivity contribution in [2.45, 2.75) is 0 Å². The first kappa shape index (κ1) is 13.2. The molecule has 5 heteroatoms. The molecule has 0 saturated heterocycles. The van der Waals surface area contributed by atoms with Gasteiger partial charge in [-0.15, -0.1) is 0 Å². The van der Waals surface area contributed by atoms with Gasteiger partial charge in [0.2, 0.25) is 0 Å². The Kier molecular flexibility index (Phi) is 4.20. The second-order valence-electron chi connectivity index (χ2n) is 3.90. The van der Waals surface area contributed by atoms with E-state index in [4.69, 9.17) is 12.2 Å². The molecule has 0 unspecified atom stereocenters. The summed E-state index contributed by atoms with van der Waals surface area (Å²) < 4.78 is 0. The molecule has 1 N–H and O–H groups in total. The van der Waals surface area contributed by atoms with Crippen molar-refractivity contribution in [3.8, 4) is 0 Å². The van der Waals surface area contributed by atoms with Crippen LogP contribution in [0.25, 0.3) is 0 Å². The number of aromatic nitrogens is 1. The number of rotatable bonds is 2. The van der Waals surface area contributed by atoms with Crippen LogP contribution in [0.5, 0.6) is 0 Å². The average molecular weight is 271 g/mol. The van der Waals surface area contributed by atoms with Crippen LogP contribution in [-0.4, -0.2) is 23.1 Å². The van der Waals surface area contributed by atoms with E-state index in [9.17, 15) is 4.79 Å². The molecule has 0 atom stereocenters. The highest BCUT2D eigenvalue weighted by molar-refractivity contribution is 7.80. The maximum Gasteiger partial charge on any atom is 0.326 e. The van der Waals surface area contributed by atoms with Crippen molar-refractivity contribution >= 4 is 28.9 Å². The number of nitrogens with zero attached hydrogens (tertiary/aromatic N) is 2. The predicted octanol–water partition coefficient (Wildman–Crippen LogP) is 2.60. The summed E-state index contributed by atoms with van der Waals surface area (Å²) in [7, 11) is 1.69. The number of pyridine rings is 1. The molecule has 0 aliphatic carbocycles. The summed E-state index contributed by atoms with van der Waals surface area (Å²) in [6.45, 7) is 0. The average Bonchev–Trinajstić information content (AvgIpc) is 2.48. The Bertz CT molecular complexity index is 572. The summed E-state index contributed by atoms with van der Waals surface area (Å²) in [6.07, 6.45) is 3.27. The number of thiocarbonyl (C=S) groups is 1. The normalized spacial score (nSPS) is 9.74. The van der Waals surface area contributed by atoms with Gasteiger partial charge in [-0.05, 0) is 24.3 Å². The van der Waals surface area contributed by atoms with E-state index in [1.165, 1.54) is 4.90 Å². The monoisotopic (exact) mass is 271 g/mol. The Labute approximate surface area is 117 Å². The topological polar surface area (TPSA) is 45.2 Å². The van der Waals surface area contributed by atoms with E-state index in [1.54, 1.807) is 31.6 Å². The molecule has 1 heterocycles. The van der Waals surface area contributed by atoms with E-state index in [-0.39, 0.29) is 6.03 Å². The number of hydrogen-bond acceptors (Lipinski definition) is 3. The Morgan fingerprint density at radius 2 is 1.95 bits per heavy atom. The molecule has 0 aliphatic heterocycles. The number of para-hydroxylation sites is 1. The van der Waals surface area contributed by atoms with Crippen LogP contribution >= 0.6 is 12.2 Å². The molecule has 1 aromatic heterocycles. The van der Waals surface area contributed by atoms with Crippen LogP contribution in [0.3, 0.4) is 0 Å². The van der Waals surface area contributed by atoms with E-state index in [1.807, 2.05) is 30.3 Å². The fraction of sp³-hybridized carbons (Fsp3) is 0.0714. The van der Waals surface area contributed by atoms with Gasteiger partial charge >= 0.3 is 6.03 Å². The Balaban J connectivity index is 2.04. The number of urea groups is 1. The lowest BCUT2D eigenvalue weighted by atomic mass is 10.3. The largest absolute Gasteiger partial charge is 0.326 e. The van der Waals surface area contributed by atoms with Crippen molar-refractivity contribution in [1.82, 2.24) is 10.3 Å². The van der Waals surface area contributed by atoms with Crippen molar-refractivity contribution in [2.75, 3.05) is 11.9 Å². The van der Waals surface area contributed by atoms with Gasteiger partial charge in [-0.1, -0.05) is 30.4 Å². The molecule has 0 spiro atoms. The zero-order chi connectivity index (χ0) is 13.7. The molecule has 19 heavy (non-hydrogen) atoms. The molecule has 0 saturated carbocycles. The molecule has 0 bridgehead atoms. The van der Waals surface area contributed by atoms with E-state index < -0.39 is 0 Å². The third kappa shape index (κ3) is 3.35. The Morgan fingerprint density at radius 1 is 1.21 bits per heavy atom. The molecule has 4 nitrogen and oxygen atoms in total. The molecule has 2 rings (SSSR count). The summed E-state index contributed by atoms with van der Waals surface area (Å²) in [4.78, 5) is 17.9. The van der Waals surface area contributed by atoms with Gasteiger partial charge in [0.1, 0.15) is 4.99 Å². The highest BCUT2D eigenvalue weighted by Gasteiger charge is 2.12. The van der Waals surface area contributed by atoms with Crippen molar-refractivity contribution in [3.05, 3.63) is 60.4 Å². The standard InChI is InChI=1S/C14H13N3OS/c1-17(12-7-3-2-4-8-12)14(18)16-13(19)11-6-5-9-15-10-11/h2-10H,1H3,(H,16,18,19). The van der Waals surface area contributed by atoms with Gasteiger partial charge in [-0.25, -0.2) is 4.79 Å². The number of carbonyl (C=O) groups is 1. The van der Waals surface area contributed by atoms with Gasteiger partial charge in [-0.2, -0.15) is 0 Å². The number of nitrogens with one attached hydrogen (secondary N) is 1. The molecular formula is C14H13N3OS. The SMILES string of the molecule is CN(C(=O)NC(=S)c1cccnc1)c1ccccc1. The fourth-order valence-corrected chi connectivity index (χ4v) is 1.73. The minimum absolute atomic E-state index is 0.278. The molecule has 1 aromatic carbocycles. The lowest BCUT2D eigenvalue weighted by Crippen LogP contribution is -2.40. The lowest BCUT2D eigenvalue weighted by Gasteiger charge is -2.18. The third-order valence-electron chi connectivity index (χ3n) is 2.59. The van der Waals surface area contributed by atoms with Gasteiger partial charge in [0.05, 0.1) is 0 Å². The van der Waals surface area contributed by atoms with E-state index in [2.05, 4.69) is 10.3 Å². The number of benzene rings is 1. The van der Waals surface area contributed by atoms with Crippen molar-refractivity contribution in [1.29, 1.82) is 0 Å². The van der Waals surface area contributed by atoms with Crippen LogP contribution in [0.4, 0.5) is 10.5 Å². The zero-order valence-electron chi connectivity index (χ0n) is 10.4. The lowest BCUT2D eigenvalue weighted by molar-refractivity contribution is 0.252. The van der Waals surface area contributed by atoms with Crippen molar-refractivity contribution in [3.63, 3.8) is 0 Å². The molecule has 2 aromatic rings. The molecule has 0 aliphatic rings. The van der Waals surface area contributed by atoms with Gasteiger partial charge in [0.25, 0.3) is 0 Å². The smallest absolute Gasteiger partial charge is 0.298 e. The molecule has 96 valence electrons. The summed E-state index contributed by atoms with van der Waals surface area (Å²) in [6, 6.07) is 12.7. The van der Waals surface area contributed by atoms with Crippen molar-refractivity contribution in [2.24, 2.45) is 0 Å². The second-order valence-corrected chi connectivity index (χ2v) is 4.30. The van der Waals surface area contributed by atoms with Crippen LogP contribution in [0.1, 0.15) is 5.56 Å². The number of hydrogen-bond donors (Lipinski definition) is 1. The molecular weight excluding hydrogens is 258 g/mol. The Hall–Kier alpha value is -2.27. The molecule has 0 fully saturated rings. The van der Waals surface area contributed by atoms with E-state index in [0.717, 1.165) is 5.69 Å². The van der Waals surface area contributed by atoms with E-state index >= 15 is 0 Å². The summed E-state index contributed by atoms with van der Waals surface area (Å²) in [5, 5.41) is 2.67. The number of anilines is 1. The van der Waals surface area contributed by atoms with Gasteiger partial charge in [0.15, 0.2) is 0 Å². The maximum atomic E-state index is 12.0. The minimum atomic E-state index is -0.278. The van der Waals surface area contributed by atoms with Gasteiger partial charge < -0.3 is 0 Å². The van der Waals surface area contributed by atoms with Gasteiger partial charge in [-0.3, -0.25) is 15.2 Å². The number of amides is 2. The second kappa shape index (κ2) is 6.06. The minimum Gasteiger partial charge on any atom is -0.298 e. The van der Waals surface area contributed by atoms with Crippen LogP contribution < -0.4 is 10.2 Å². The first-order valence-corrected chi connectivity index (χ1v) is 6.13. The number of carbonyl (C=O) groups excluding carboxylic acids is 1. The van der Waals surface area contributed by atoms with Gasteiger partial charge in [0, 0.05) is 30.7 Å². The fourth-order valence-electron chi connectivity index (χ4n) is 1.52. The van der Waals surface area contributed by atoms with Crippen LogP contribution in [0.2, 0.25) is 0 Å². The quantitative estimate of drug-likeness (QED) is 0.854. The summed E-state index contributed by atoms with van der Waals surface area (Å²) in [5.41, 5.74) is 1.52. The third-order valence-corrected chi connectivity index (χ3v) is 2.93. The predicted molar refractivity (Wildman–Crippen MR) is 79.3 cm³/mol. The highest BCUT2D eigenvalue weighted by Crippen LogP contribution is 2.11. The first-order valence-electron chi connectivity index (χ1n) is 5.72. The van der Waals surface area contributed by atoms with Crippen LogP contribution in [0, 0.1) is 0 Å². The maximum absolute atomic E-state index is 12.0. The Morgan fingerprint density at radius 3 is 2.58 bits per heavy atom. The molecule has 0 radical (unpaired) electrons. The van der Waals surface area contributed by atoms with Crippen LogP contribution in [0.15, 0.2) is 54.9 Å².